The second-order valence-electron chi connectivity index (χ2n) is 4.47. The van der Waals surface area contributed by atoms with Crippen LogP contribution < -0.4 is 10.4 Å². The van der Waals surface area contributed by atoms with Gasteiger partial charge in [0.1, 0.15) is 6.10 Å². The predicted octanol–water partition coefficient (Wildman–Crippen LogP) is 1.53. The highest BCUT2D eigenvalue weighted by Gasteiger charge is 2.16. The molecule has 0 aliphatic heterocycles. The molecule has 0 spiro atoms. The number of hydrogen-bond acceptors (Lipinski definition) is 4. The van der Waals surface area contributed by atoms with E-state index in [0.717, 1.165) is 5.56 Å². The number of carboxylic acid groups (broad SMARTS) is 1. The zero-order valence-electron chi connectivity index (χ0n) is 11.4. The van der Waals surface area contributed by atoms with Gasteiger partial charge in [0.25, 0.3) is 0 Å². The Balaban J connectivity index is 2.63. The van der Waals surface area contributed by atoms with E-state index in [1.807, 2.05) is 6.92 Å². The Kier molecular flexibility index (Phi) is 6.31. The van der Waals surface area contributed by atoms with Crippen molar-refractivity contribution in [1.29, 1.82) is 0 Å². The molecule has 1 aromatic carbocycles. The molecule has 0 saturated heterocycles. The van der Waals surface area contributed by atoms with Gasteiger partial charge in [0.15, 0.2) is 0 Å². The zero-order chi connectivity index (χ0) is 15.1. The second-order valence-corrected chi connectivity index (χ2v) is 4.91. The number of rotatable bonds is 6. The number of aliphatic carboxylic acids is 1. The molecule has 1 amide bonds. The van der Waals surface area contributed by atoms with E-state index in [2.05, 4.69) is 5.32 Å². The van der Waals surface area contributed by atoms with Gasteiger partial charge in [-0.2, -0.15) is 0 Å². The number of carboxylic acids is 1. The minimum absolute atomic E-state index is 0.106. The van der Waals surface area contributed by atoms with E-state index in [1.54, 1.807) is 31.2 Å². The Hall–Kier alpha value is -1.75. The summed E-state index contributed by atoms with van der Waals surface area (Å²) in [6, 6.07) is 5.55. The van der Waals surface area contributed by atoms with Gasteiger partial charge in [0.05, 0.1) is 12.0 Å². The number of hydrogen-bond donors (Lipinski definition) is 1. The van der Waals surface area contributed by atoms with Crippen molar-refractivity contribution in [2.75, 3.05) is 0 Å². The summed E-state index contributed by atoms with van der Waals surface area (Å²) in [6.07, 6.45) is -0.272. The summed E-state index contributed by atoms with van der Waals surface area (Å²) in [7, 11) is 0. The van der Waals surface area contributed by atoms with Crippen LogP contribution in [0, 0.1) is 0 Å². The SMILES string of the molecule is CC[C@@H](C)OC(=O)N[C@@H](Cc1ccc(Cl)cc1)C(=O)[O-]. The fourth-order valence-corrected chi connectivity index (χ4v) is 1.62. The van der Waals surface area contributed by atoms with Crippen molar-refractivity contribution in [2.24, 2.45) is 0 Å². The van der Waals surface area contributed by atoms with Crippen molar-refractivity contribution in [1.82, 2.24) is 5.32 Å². The van der Waals surface area contributed by atoms with Gasteiger partial charge >= 0.3 is 6.09 Å². The molecule has 1 N–H and O–H groups in total. The number of amides is 1. The molecule has 0 saturated carbocycles. The first-order valence-electron chi connectivity index (χ1n) is 6.34. The van der Waals surface area contributed by atoms with Crippen molar-refractivity contribution in [2.45, 2.75) is 38.8 Å². The van der Waals surface area contributed by atoms with Gasteiger partial charge in [-0.3, -0.25) is 0 Å². The van der Waals surface area contributed by atoms with E-state index in [0.29, 0.717) is 11.4 Å². The standard InChI is InChI=1S/C14H18ClNO4/c1-3-9(2)20-14(19)16-12(13(17)18)8-10-4-6-11(15)7-5-10/h4-7,9,12H,3,8H2,1-2H3,(H,16,19)(H,17,18)/p-1/t9-,12+/m1/s1. The van der Waals surface area contributed by atoms with E-state index in [4.69, 9.17) is 16.3 Å². The number of carbonyl (C=O) groups is 2. The molecule has 0 aromatic heterocycles. The Bertz CT molecular complexity index is 461. The normalized spacial score (nSPS) is 13.3. The number of nitrogens with one attached hydrogen (secondary N) is 1. The Morgan fingerprint density at radius 1 is 1.35 bits per heavy atom. The van der Waals surface area contributed by atoms with Crippen LogP contribution in [0.15, 0.2) is 24.3 Å². The Morgan fingerprint density at radius 3 is 2.45 bits per heavy atom. The Morgan fingerprint density at radius 2 is 1.95 bits per heavy atom. The maximum Gasteiger partial charge on any atom is 0.407 e. The molecule has 20 heavy (non-hydrogen) atoms. The lowest BCUT2D eigenvalue weighted by Gasteiger charge is -2.21. The molecule has 6 heteroatoms. The lowest BCUT2D eigenvalue weighted by molar-refractivity contribution is -0.308. The minimum Gasteiger partial charge on any atom is -0.548 e. The van der Waals surface area contributed by atoms with Crippen molar-refractivity contribution in [3.8, 4) is 0 Å². The van der Waals surface area contributed by atoms with E-state index in [9.17, 15) is 14.7 Å². The smallest absolute Gasteiger partial charge is 0.407 e. The molecule has 0 heterocycles. The lowest BCUT2D eigenvalue weighted by Crippen LogP contribution is -2.49. The summed E-state index contributed by atoms with van der Waals surface area (Å²) in [6.45, 7) is 3.59. The molecule has 0 fully saturated rings. The average Bonchev–Trinajstić information content (AvgIpc) is 2.40. The topological polar surface area (TPSA) is 78.5 Å². The second kappa shape index (κ2) is 7.75. The molecule has 0 aliphatic rings. The molecule has 0 aliphatic carbocycles. The predicted molar refractivity (Wildman–Crippen MR) is 73.3 cm³/mol. The highest BCUT2D eigenvalue weighted by atomic mass is 35.5. The summed E-state index contributed by atoms with van der Waals surface area (Å²) >= 11 is 5.75. The number of ether oxygens (including phenoxy) is 1. The third-order valence-corrected chi connectivity index (χ3v) is 3.06. The fraction of sp³-hybridized carbons (Fsp3) is 0.429. The van der Waals surface area contributed by atoms with Crippen LogP contribution in [0.3, 0.4) is 0 Å². The molecule has 0 unspecified atom stereocenters. The summed E-state index contributed by atoms with van der Waals surface area (Å²) in [5.41, 5.74) is 0.729. The zero-order valence-corrected chi connectivity index (χ0v) is 12.1. The van der Waals surface area contributed by atoms with Crippen LogP contribution in [-0.2, 0) is 16.0 Å². The van der Waals surface area contributed by atoms with Gasteiger partial charge in [-0.05, 0) is 37.5 Å². The quantitative estimate of drug-likeness (QED) is 0.864. The minimum atomic E-state index is -1.36. The first kappa shape index (κ1) is 16.3. The maximum atomic E-state index is 11.5. The van der Waals surface area contributed by atoms with Crippen molar-refractivity contribution < 1.29 is 19.4 Å². The van der Waals surface area contributed by atoms with E-state index >= 15 is 0 Å². The van der Waals surface area contributed by atoms with Crippen molar-refractivity contribution in [3.63, 3.8) is 0 Å². The van der Waals surface area contributed by atoms with Crippen LogP contribution in [-0.4, -0.2) is 24.2 Å². The number of benzene rings is 1. The van der Waals surface area contributed by atoms with Crippen molar-refractivity contribution >= 4 is 23.7 Å². The van der Waals surface area contributed by atoms with Crippen LogP contribution in [0.1, 0.15) is 25.8 Å². The Labute approximate surface area is 122 Å². The number of halogens is 1. The molecular weight excluding hydrogens is 282 g/mol. The van der Waals surface area contributed by atoms with Crippen LogP contribution >= 0.6 is 11.6 Å². The fourth-order valence-electron chi connectivity index (χ4n) is 1.49. The van der Waals surface area contributed by atoms with Crippen molar-refractivity contribution in [3.05, 3.63) is 34.9 Å². The summed E-state index contributed by atoms with van der Waals surface area (Å²) in [5, 5.41) is 13.9. The molecule has 0 bridgehead atoms. The van der Waals surface area contributed by atoms with E-state index < -0.39 is 18.1 Å². The first-order chi connectivity index (χ1) is 9.42. The molecular formula is C14H17ClNO4-. The summed E-state index contributed by atoms with van der Waals surface area (Å²) in [4.78, 5) is 22.6. The lowest BCUT2D eigenvalue weighted by atomic mass is 10.1. The van der Waals surface area contributed by atoms with Crippen LogP contribution in [0.4, 0.5) is 4.79 Å². The van der Waals surface area contributed by atoms with E-state index in [1.165, 1.54) is 0 Å². The molecule has 1 aromatic rings. The maximum absolute atomic E-state index is 11.5. The van der Waals surface area contributed by atoms with Crippen LogP contribution in [0.2, 0.25) is 5.02 Å². The highest BCUT2D eigenvalue weighted by molar-refractivity contribution is 6.30. The first-order valence-corrected chi connectivity index (χ1v) is 6.72. The monoisotopic (exact) mass is 298 g/mol. The molecule has 1 rings (SSSR count). The van der Waals surface area contributed by atoms with Gasteiger partial charge in [0, 0.05) is 5.02 Å². The average molecular weight is 299 g/mol. The molecule has 2 atom stereocenters. The van der Waals surface area contributed by atoms with Crippen LogP contribution in [0.25, 0.3) is 0 Å². The van der Waals surface area contributed by atoms with Gasteiger partial charge in [0.2, 0.25) is 0 Å². The number of carbonyl (C=O) groups excluding carboxylic acids is 2. The number of alkyl carbamates (subject to hydrolysis) is 1. The molecule has 5 nitrogen and oxygen atoms in total. The molecule has 110 valence electrons. The summed E-state index contributed by atoms with van der Waals surface area (Å²) in [5.74, 6) is -1.36. The van der Waals surface area contributed by atoms with Crippen LogP contribution in [0.5, 0.6) is 0 Å². The van der Waals surface area contributed by atoms with Gasteiger partial charge < -0.3 is 20.0 Å². The molecule has 0 radical (unpaired) electrons. The van der Waals surface area contributed by atoms with Gasteiger partial charge in [-0.1, -0.05) is 30.7 Å². The van der Waals surface area contributed by atoms with Gasteiger partial charge in [-0.25, -0.2) is 4.79 Å². The van der Waals surface area contributed by atoms with E-state index in [-0.39, 0.29) is 12.5 Å². The summed E-state index contributed by atoms with van der Waals surface area (Å²) < 4.78 is 4.97. The van der Waals surface area contributed by atoms with Gasteiger partial charge in [-0.15, -0.1) is 0 Å². The highest BCUT2D eigenvalue weighted by Crippen LogP contribution is 2.11. The third kappa shape index (κ3) is 5.48. The third-order valence-electron chi connectivity index (χ3n) is 2.81. The largest absolute Gasteiger partial charge is 0.548 e.